The van der Waals surface area contributed by atoms with Crippen molar-refractivity contribution in [3.05, 3.63) is 65.6 Å². The third kappa shape index (κ3) is 3.11. The molecule has 0 aliphatic carbocycles. The van der Waals surface area contributed by atoms with Gasteiger partial charge in [0.1, 0.15) is 0 Å². The lowest BCUT2D eigenvalue weighted by molar-refractivity contribution is 0.0780. The molecule has 5 rings (SSSR count). The van der Waals surface area contributed by atoms with Gasteiger partial charge in [-0.3, -0.25) is 14.8 Å². The summed E-state index contributed by atoms with van der Waals surface area (Å²) in [4.78, 5) is 26.7. The van der Waals surface area contributed by atoms with Crippen molar-refractivity contribution < 1.29 is 4.79 Å². The SMILES string of the molecule is O=C1c2c(N3CCCCC3)ccnc2CN1CCc1ccc2ccccc2n1. The summed E-state index contributed by atoms with van der Waals surface area (Å²) in [5, 5.41) is 1.14. The van der Waals surface area contributed by atoms with Gasteiger partial charge in [-0.1, -0.05) is 24.3 Å². The van der Waals surface area contributed by atoms with Gasteiger partial charge in [0, 0.05) is 43.3 Å². The Bertz CT molecular complexity index is 1030. The summed E-state index contributed by atoms with van der Waals surface area (Å²) in [6, 6.07) is 14.3. The molecule has 2 aromatic heterocycles. The average molecular weight is 372 g/mol. The van der Waals surface area contributed by atoms with E-state index in [1.807, 2.05) is 35.4 Å². The van der Waals surface area contributed by atoms with E-state index >= 15 is 0 Å². The molecule has 0 spiro atoms. The lowest BCUT2D eigenvalue weighted by atomic mass is 10.1. The zero-order valence-electron chi connectivity index (χ0n) is 16.0. The maximum absolute atomic E-state index is 13.1. The molecule has 0 bridgehead atoms. The maximum Gasteiger partial charge on any atom is 0.258 e. The van der Waals surface area contributed by atoms with Gasteiger partial charge in [-0.25, -0.2) is 0 Å². The number of hydrogen-bond acceptors (Lipinski definition) is 4. The molecule has 28 heavy (non-hydrogen) atoms. The molecule has 1 aromatic carbocycles. The number of rotatable bonds is 4. The van der Waals surface area contributed by atoms with E-state index in [2.05, 4.69) is 28.1 Å². The molecule has 2 aliphatic heterocycles. The van der Waals surface area contributed by atoms with Gasteiger partial charge in [0.25, 0.3) is 5.91 Å². The monoisotopic (exact) mass is 372 g/mol. The lowest BCUT2D eigenvalue weighted by Gasteiger charge is -2.30. The number of aromatic nitrogens is 2. The summed E-state index contributed by atoms with van der Waals surface area (Å²) in [6.07, 6.45) is 6.28. The van der Waals surface area contributed by atoms with E-state index in [1.54, 1.807) is 0 Å². The molecule has 5 heteroatoms. The van der Waals surface area contributed by atoms with Crippen molar-refractivity contribution in [2.75, 3.05) is 24.5 Å². The minimum Gasteiger partial charge on any atom is -0.371 e. The van der Waals surface area contributed by atoms with Crippen LogP contribution in [-0.2, 0) is 13.0 Å². The van der Waals surface area contributed by atoms with Crippen molar-refractivity contribution in [1.82, 2.24) is 14.9 Å². The Morgan fingerprint density at radius 2 is 1.82 bits per heavy atom. The number of carbonyl (C=O) groups is 1. The number of carbonyl (C=O) groups excluding carboxylic acids is 1. The van der Waals surface area contributed by atoms with E-state index in [0.29, 0.717) is 13.1 Å². The highest BCUT2D eigenvalue weighted by Crippen LogP contribution is 2.31. The fourth-order valence-electron chi connectivity index (χ4n) is 4.33. The molecule has 1 fully saturated rings. The van der Waals surface area contributed by atoms with Crippen LogP contribution in [0.25, 0.3) is 10.9 Å². The highest BCUT2D eigenvalue weighted by Gasteiger charge is 2.32. The number of anilines is 1. The van der Waals surface area contributed by atoms with E-state index < -0.39 is 0 Å². The number of nitrogens with zero attached hydrogens (tertiary/aromatic N) is 4. The van der Waals surface area contributed by atoms with Crippen molar-refractivity contribution in [2.24, 2.45) is 0 Å². The van der Waals surface area contributed by atoms with Crippen molar-refractivity contribution >= 4 is 22.5 Å². The van der Waals surface area contributed by atoms with Crippen LogP contribution >= 0.6 is 0 Å². The number of pyridine rings is 2. The van der Waals surface area contributed by atoms with Crippen LogP contribution in [0, 0.1) is 0 Å². The van der Waals surface area contributed by atoms with Gasteiger partial charge < -0.3 is 9.80 Å². The van der Waals surface area contributed by atoms with Gasteiger partial charge in [-0.15, -0.1) is 0 Å². The van der Waals surface area contributed by atoms with Crippen LogP contribution in [0.2, 0.25) is 0 Å². The van der Waals surface area contributed by atoms with Gasteiger partial charge in [0.2, 0.25) is 0 Å². The summed E-state index contributed by atoms with van der Waals surface area (Å²) in [6.45, 7) is 3.33. The topological polar surface area (TPSA) is 49.3 Å². The van der Waals surface area contributed by atoms with E-state index in [-0.39, 0.29) is 5.91 Å². The largest absolute Gasteiger partial charge is 0.371 e. The highest BCUT2D eigenvalue weighted by molar-refractivity contribution is 6.03. The molecule has 0 unspecified atom stereocenters. The predicted molar refractivity (Wildman–Crippen MR) is 110 cm³/mol. The number of amides is 1. The highest BCUT2D eigenvalue weighted by atomic mass is 16.2. The van der Waals surface area contributed by atoms with Crippen LogP contribution in [0.3, 0.4) is 0 Å². The smallest absolute Gasteiger partial charge is 0.258 e. The van der Waals surface area contributed by atoms with Crippen molar-refractivity contribution in [1.29, 1.82) is 0 Å². The zero-order chi connectivity index (χ0) is 18.9. The quantitative estimate of drug-likeness (QED) is 0.699. The first-order valence-electron chi connectivity index (χ1n) is 10.2. The Hall–Kier alpha value is -2.95. The molecule has 5 nitrogen and oxygen atoms in total. The molecule has 1 saturated heterocycles. The minimum absolute atomic E-state index is 0.115. The van der Waals surface area contributed by atoms with E-state index in [1.165, 1.54) is 19.3 Å². The van der Waals surface area contributed by atoms with Crippen LogP contribution in [0.1, 0.15) is 41.0 Å². The predicted octanol–water partition coefficient (Wildman–Crippen LogP) is 3.82. The second-order valence-electron chi connectivity index (χ2n) is 7.67. The molecule has 0 N–H and O–H groups in total. The maximum atomic E-state index is 13.1. The van der Waals surface area contributed by atoms with Crippen molar-refractivity contribution in [3.8, 4) is 0 Å². The number of benzene rings is 1. The molecule has 0 atom stereocenters. The lowest BCUT2D eigenvalue weighted by Crippen LogP contribution is -2.32. The summed E-state index contributed by atoms with van der Waals surface area (Å²) in [5.41, 5.74) is 4.83. The Labute approximate surface area is 165 Å². The average Bonchev–Trinajstić information content (AvgIpc) is 3.08. The van der Waals surface area contributed by atoms with Crippen LogP contribution in [0.5, 0.6) is 0 Å². The Balaban J connectivity index is 1.33. The molecular formula is C23H24N4O. The first-order chi connectivity index (χ1) is 13.8. The molecule has 0 saturated carbocycles. The third-order valence-corrected chi connectivity index (χ3v) is 5.84. The number of fused-ring (bicyclic) bond motifs is 2. The summed E-state index contributed by atoms with van der Waals surface area (Å²) < 4.78 is 0. The number of hydrogen-bond donors (Lipinski definition) is 0. The van der Waals surface area contributed by atoms with Crippen LogP contribution in [-0.4, -0.2) is 40.4 Å². The summed E-state index contributed by atoms with van der Waals surface area (Å²) >= 11 is 0. The summed E-state index contributed by atoms with van der Waals surface area (Å²) in [5.74, 6) is 0.115. The Morgan fingerprint density at radius 3 is 2.71 bits per heavy atom. The standard InChI is InChI=1S/C23H24N4O/c28-23-22-20(24-12-10-21(22)26-13-4-1-5-14-26)16-27(23)15-11-18-9-8-17-6-2-3-7-19(17)25-18/h2-3,6-10,12H,1,4-5,11,13-16H2. The first-order valence-corrected chi connectivity index (χ1v) is 10.2. The molecule has 4 heterocycles. The second-order valence-corrected chi connectivity index (χ2v) is 7.67. The van der Waals surface area contributed by atoms with Gasteiger partial charge in [0.15, 0.2) is 0 Å². The fourth-order valence-corrected chi connectivity index (χ4v) is 4.33. The normalized spacial score (nSPS) is 16.6. The van der Waals surface area contributed by atoms with Crippen LogP contribution in [0.15, 0.2) is 48.7 Å². The number of piperidine rings is 1. The van der Waals surface area contributed by atoms with Crippen molar-refractivity contribution in [3.63, 3.8) is 0 Å². The molecule has 3 aromatic rings. The van der Waals surface area contributed by atoms with E-state index in [4.69, 9.17) is 4.98 Å². The molecule has 2 aliphatic rings. The van der Waals surface area contributed by atoms with Gasteiger partial charge >= 0.3 is 0 Å². The van der Waals surface area contributed by atoms with Gasteiger partial charge in [0.05, 0.1) is 29.0 Å². The van der Waals surface area contributed by atoms with Crippen molar-refractivity contribution in [2.45, 2.75) is 32.2 Å². The third-order valence-electron chi connectivity index (χ3n) is 5.84. The number of para-hydroxylation sites is 1. The van der Waals surface area contributed by atoms with Gasteiger partial charge in [-0.05, 0) is 37.5 Å². The van der Waals surface area contributed by atoms with Crippen LogP contribution < -0.4 is 4.90 Å². The molecule has 1 amide bonds. The summed E-state index contributed by atoms with van der Waals surface area (Å²) in [7, 11) is 0. The Kier molecular flexibility index (Phi) is 4.43. The van der Waals surface area contributed by atoms with E-state index in [0.717, 1.165) is 53.1 Å². The molecule has 142 valence electrons. The van der Waals surface area contributed by atoms with Crippen LogP contribution in [0.4, 0.5) is 5.69 Å². The zero-order valence-corrected chi connectivity index (χ0v) is 16.0. The molecule has 0 radical (unpaired) electrons. The Morgan fingerprint density at radius 1 is 0.964 bits per heavy atom. The van der Waals surface area contributed by atoms with E-state index in [9.17, 15) is 4.79 Å². The minimum atomic E-state index is 0.115. The fraction of sp³-hybridized carbons (Fsp3) is 0.348. The molecular weight excluding hydrogens is 348 g/mol. The van der Waals surface area contributed by atoms with Gasteiger partial charge in [-0.2, -0.15) is 0 Å². The first kappa shape index (κ1) is 17.2. The second kappa shape index (κ2) is 7.23.